The van der Waals surface area contributed by atoms with Crippen LogP contribution >= 0.6 is 0 Å². The molecule has 1 aromatic heterocycles. The normalized spacial score (nSPS) is 10.6. The Labute approximate surface area is 115 Å². The molecule has 3 rings (SSSR count). The van der Waals surface area contributed by atoms with Crippen molar-refractivity contribution in [2.24, 2.45) is 0 Å². The summed E-state index contributed by atoms with van der Waals surface area (Å²) in [6.07, 6.45) is 3.79. The first-order chi connectivity index (χ1) is 9.72. The first-order valence-electron chi connectivity index (χ1n) is 6.20. The van der Waals surface area contributed by atoms with Crippen molar-refractivity contribution in [2.45, 2.75) is 6.54 Å². The number of nitro groups is 1. The standard InChI is InChI=1S/C15H12N3O2/c19-18(20)15-7-5-12(6-8-15)10-17-11-14-4-2-1-3-13(14)9-16-17/h1-9,11H,10H2/q+1. The van der Waals surface area contributed by atoms with E-state index in [1.807, 2.05) is 41.3 Å². The van der Waals surface area contributed by atoms with E-state index in [9.17, 15) is 10.1 Å². The SMILES string of the molecule is O=[N+]([O-])c1ccc(C[n+]2cc3ccccc3cn2)cc1. The summed E-state index contributed by atoms with van der Waals surface area (Å²) in [5, 5.41) is 17.2. The van der Waals surface area contributed by atoms with Gasteiger partial charge in [0.2, 0.25) is 6.20 Å². The summed E-state index contributed by atoms with van der Waals surface area (Å²) in [5.41, 5.74) is 1.08. The van der Waals surface area contributed by atoms with Crippen LogP contribution in [0.4, 0.5) is 5.69 Å². The molecular weight excluding hydrogens is 254 g/mol. The van der Waals surface area contributed by atoms with Crippen LogP contribution in [0, 0.1) is 10.1 Å². The van der Waals surface area contributed by atoms with Crippen LogP contribution in [0.2, 0.25) is 0 Å². The van der Waals surface area contributed by atoms with E-state index in [2.05, 4.69) is 5.10 Å². The third kappa shape index (κ3) is 2.47. The number of rotatable bonds is 3. The van der Waals surface area contributed by atoms with Crippen LogP contribution in [0.3, 0.4) is 0 Å². The fourth-order valence-corrected chi connectivity index (χ4v) is 2.07. The summed E-state index contributed by atoms with van der Waals surface area (Å²) in [6, 6.07) is 14.5. The first-order valence-corrected chi connectivity index (χ1v) is 6.20. The molecular formula is C15H12N3O2+. The van der Waals surface area contributed by atoms with Gasteiger partial charge < -0.3 is 0 Å². The van der Waals surface area contributed by atoms with E-state index >= 15 is 0 Å². The van der Waals surface area contributed by atoms with Crippen molar-refractivity contribution in [2.75, 3.05) is 0 Å². The molecule has 2 aromatic carbocycles. The highest BCUT2D eigenvalue weighted by Crippen LogP contribution is 2.12. The number of nitro benzene ring substituents is 1. The molecule has 5 nitrogen and oxygen atoms in total. The van der Waals surface area contributed by atoms with E-state index in [0.717, 1.165) is 16.3 Å². The van der Waals surface area contributed by atoms with Gasteiger partial charge in [0.25, 0.3) is 5.69 Å². The Morgan fingerprint density at radius 1 is 1.05 bits per heavy atom. The third-order valence-corrected chi connectivity index (χ3v) is 3.12. The number of benzene rings is 2. The predicted octanol–water partition coefficient (Wildman–Crippen LogP) is 2.48. The van der Waals surface area contributed by atoms with Gasteiger partial charge >= 0.3 is 0 Å². The smallest absolute Gasteiger partial charge is 0.258 e. The lowest BCUT2D eigenvalue weighted by atomic mass is 10.2. The van der Waals surface area contributed by atoms with Gasteiger partial charge in [-0.3, -0.25) is 10.1 Å². The molecule has 0 unspecified atom stereocenters. The van der Waals surface area contributed by atoms with Crippen molar-refractivity contribution in [3.05, 3.63) is 76.6 Å². The van der Waals surface area contributed by atoms with Crippen LogP contribution in [0.1, 0.15) is 5.56 Å². The van der Waals surface area contributed by atoms with Gasteiger partial charge in [-0.15, -0.1) is 0 Å². The Hall–Kier alpha value is -2.82. The molecule has 0 amide bonds. The first kappa shape index (κ1) is 12.2. The summed E-state index contributed by atoms with van der Waals surface area (Å²) in [7, 11) is 0. The van der Waals surface area contributed by atoms with Gasteiger partial charge in [0, 0.05) is 28.5 Å². The molecule has 0 aliphatic heterocycles. The molecule has 0 bridgehead atoms. The minimum Gasteiger partial charge on any atom is -0.258 e. The highest BCUT2D eigenvalue weighted by Gasteiger charge is 2.09. The van der Waals surface area contributed by atoms with E-state index < -0.39 is 4.92 Å². The zero-order valence-electron chi connectivity index (χ0n) is 10.6. The van der Waals surface area contributed by atoms with Gasteiger partial charge in [0.05, 0.1) is 4.92 Å². The summed E-state index contributed by atoms with van der Waals surface area (Å²) < 4.78 is 1.82. The van der Waals surface area contributed by atoms with Crippen LogP contribution < -0.4 is 4.68 Å². The maximum absolute atomic E-state index is 10.6. The lowest BCUT2D eigenvalue weighted by molar-refractivity contribution is -0.744. The number of hydrogen-bond acceptors (Lipinski definition) is 3. The van der Waals surface area contributed by atoms with E-state index in [1.54, 1.807) is 12.1 Å². The number of nitrogens with zero attached hydrogens (tertiary/aromatic N) is 3. The molecule has 0 saturated carbocycles. The average Bonchev–Trinajstić information content (AvgIpc) is 2.48. The summed E-state index contributed by atoms with van der Waals surface area (Å²) in [4.78, 5) is 10.2. The van der Waals surface area contributed by atoms with Crippen molar-refractivity contribution in [1.82, 2.24) is 5.10 Å². The second kappa shape index (κ2) is 5.05. The van der Waals surface area contributed by atoms with Crippen molar-refractivity contribution in [3.63, 3.8) is 0 Å². The van der Waals surface area contributed by atoms with Crippen LogP contribution in [-0.4, -0.2) is 10.0 Å². The fraction of sp³-hybridized carbons (Fsp3) is 0.0667. The van der Waals surface area contributed by atoms with Gasteiger partial charge in [0.15, 0.2) is 6.54 Å². The molecule has 98 valence electrons. The van der Waals surface area contributed by atoms with Crippen molar-refractivity contribution >= 4 is 16.5 Å². The number of non-ortho nitro benzene ring substituents is 1. The Bertz CT molecular complexity index is 769. The Morgan fingerprint density at radius 3 is 2.45 bits per heavy atom. The molecule has 0 fully saturated rings. The van der Waals surface area contributed by atoms with E-state index in [-0.39, 0.29) is 5.69 Å². The molecule has 0 aliphatic carbocycles. The van der Waals surface area contributed by atoms with Gasteiger partial charge in [-0.05, 0) is 23.3 Å². The molecule has 0 saturated heterocycles. The molecule has 0 spiro atoms. The molecule has 20 heavy (non-hydrogen) atoms. The lowest BCUT2D eigenvalue weighted by Crippen LogP contribution is -2.37. The van der Waals surface area contributed by atoms with Crippen LogP contribution in [0.25, 0.3) is 10.8 Å². The lowest BCUT2D eigenvalue weighted by Gasteiger charge is -1.98. The average molecular weight is 266 g/mol. The van der Waals surface area contributed by atoms with Gasteiger partial charge in [-0.1, -0.05) is 22.9 Å². The van der Waals surface area contributed by atoms with Gasteiger partial charge in [-0.2, -0.15) is 0 Å². The second-order valence-electron chi connectivity index (χ2n) is 4.52. The maximum Gasteiger partial charge on any atom is 0.269 e. The van der Waals surface area contributed by atoms with E-state index in [4.69, 9.17) is 0 Å². The largest absolute Gasteiger partial charge is 0.269 e. The van der Waals surface area contributed by atoms with Crippen LogP contribution in [0.15, 0.2) is 60.9 Å². The number of fused-ring (bicyclic) bond motifs is 1. The zero-order chi connectivity index (χ0) is 13.9. The molecule has 0 aliphatic rings. The highest BCUT2D eigenvalue weighted by molar-refractivity contribution is 5.79. The minimum atomic E-state index is -0.398. The Balaban J connectivity index is 1.87. The predicted molar refractivity (Wildman–Crippen MR) is 74.1 cm³/mol. The quantitative estimate of drug-likeness (QED) is 0.415. The number of hydrogen-bond donors (Lipinski definition) is 0. The fourth-order valence-electron chi connectivity index (χ4n) is 2.07. The zero-order valence-corrected chi connectivity index (χ0v) is 10.6. The maximum atomic E-state index is 10.6. The van der Waals surface area contributed by atoms with Crippen LogP contribution in [0.5, 0.6) is 0 Å². The molecule has 0 atom stereocenters. The van der Waals surface area contributed by atoms with Crippen molar-refractivity contribution in [1.29, 1.82) is 0 Å². The van der Waals surface area contributed by atoms with Crippen molar-refractivity contribution < 1.29 is 9.61 Å². The van der Waals surface area contributed by atoms with E-state index in [0.29, 0.717) is 6.54 Å². The summed E-state index contributed by atoms with van der Waals surface area (Å²) in [5.74, 6) is 0. The number of aromatic nitrogens is 2. The van der Waals surface area contributed by atoms with Gasteiger partial charge in [0.1, 0.15) is 6.20 Å². The second-order valence-corrected chi connectivity index (χ2v) is 4.52. The third-order valence-electron chi connectivity index (χ3n) is 3.12. The Morgan fingerprint density at radius 2 is 1.75 bits per heavy atom. The monoisotopic (exact) mass is 266 g/mol. The Kier molecular flexibility index (Phi) is 3.09. The summed E-state index contributed by atoms with van der Waals surface area (Å²) in [6.45, 7) is 0.586. The van der Waals surface area contributed by atoms with Gasteiger partial charge in [-0.25, -0.2) is 0 Å². The minimum absolute atomic E-state index is 0.102. The van der Waals surface area contributed by atoms with E-state index in [1.165, 1.54) is 12.1 Å². The molecule has 3 aromatic rings. The topological polar surface area (TPSA) is 59.9 Å². The highest BCUT2D eigenvalue weighted by atomic mass is 16.6. The molecule has 5 heteroatoms. The summed E-state index contributed by atoms with van der Waals surface area (Å²) >= 11 is 0. The molecule has 0 N–H and O–H groups in total. The molecule has 1 heterocycles. The van der Waals surface area contributed by atoms with Crippen molar-refractivity contribution in [3.8, 4) is 0 Å². The van der Waals surface area contributed by atoms with Crippen LogP contribution in [-0.2, 0) is 6.54 Å². The molecule has 0 radical (unpaired) electrons.